The fourth-order valence-corrected chi connectivity index (χ4v) is 4.48. The van der Waals surface area contributed by atoms with Crippen LogP contribution in [0.4, 0.5) is 11.4 Å². The van der Waals surface area contributed by atoms with E-state index >= 15 is 0 Å². The largest absolute Gasteiger partial charge is 0.339 e. The first-order chi connectivity index (χ1) is 15.0. The standard InChI is InChI=1S/C24H25N3O4/c1-25(18-9-7-4-8-10-18)22-21(17-13-15-20(16-14-17)27(30)31)23(28)26(24(22)29)19-11-5-2-3-6-12-19/h4,7-10,13-16,19H,2-3,5-6,11-12H2,1H3. The van der Waals surface area contributed by atoms with Crippen molar-refractivity contribution in [1.82, 2.24) is 4.90 Å². The topological polar surface area (TPSA) is 83.8 Å². The smallest absolute Gasteiger partial charge is 0.278 e. The Morgan fingerprint density at radius 2 is 1.52 bits per heavy atom. The summed E-state index contributed by atoms with van der Waals surface area (Å²) in [5.41, 5.74) is 1.86. The van der Waals surface area contributed by atoms with Crippen LogP contribution in [0.2, 0.25) is 0 Å². The van der Waals surface area contributed by atoms with Gasteiger partial charge in [0.15, 0.2) is 0 Å². The summed E-state index contributed by atoms with van der Waals surface area (Å²) in [4.78, 5) is 40.9. The second kappa shape index (κ2) is 8.71. The molecule has 0 aromatic heterocycles. The number of nitro groups is 1. The van der Waals surface area contributed by atoms with Crippen LogP contribution < -0.4 is 4.90 Å². The van der Waals surface area contributed by atoms with E-state index in [0.29, 0.717) is 16.8 Å². The molecule has 2 aromatic rings. The van der Waals surface area contributed by atoms with E-state index < -0.39 is 4.92 Å². The zero-order valence-corrected chi connectivity index (χ0v) is 17.5. The van der Waals surface area contributed by atoms with Crippen LogP contribution in [-0.4, -0.2) is 34.7 Å². The summed E-state index contributed by atoms with van der Waals surface area (Å²) in [6.07, 6.45) is 5.86. The number of nitrogens with zero attached hydrogens (tertiary/aromatic N) is 3. The van der Waals surface area contributed by atoms with Crippen molar-refractivity contribution >= 4 is 28.8 Å². The van der Waals surface area contributed by atoms with Gasteiger partial charge in [-0.05, 0) is 42.7 Å². The minimum Gasteiger partial charge on any atom is -0.339 e. The van der Waals surface area contributed by atoms with Crippen LogP contribution >= 0.6 is 0 Å². The molecule has 2 amide bonds. The van der Waals surface area contributed by atoms with Crippen molar-refractivity contribution in [1.29, 1.82) is 0 Å². The molecule has 31 heavy (non-hydrogen) atoms. The number of non-ortho nitro benzene ring substituents is 1. The predicted molar refractivity (Wildman–Crippen MR) is 118 cm³/mol. The number of hydrogen-bond acceptors (Lipinski definition) is 5. The van der Waals surface area contributed by atoms with E-state index in [1.54, 1.807) is 24.1 Å². The van der Waals surface area contributed by atoms with Gasteiger partial charge in [-0.15, -0.1) is 0 Å². The Bertz CT molecular complexity index is 1020. The Kier molecular flexibility index (Phi) is 5.84. The molecule has 7 nitrogen and oxygen atoms in total. The highest BCUT2D eigenvalue weighted by atomic mass is 16.6. The van der Waals surface area contributed by atoms with Gasteiger partial charge in [-0.3, -0.25) is 24.6 Å². The van der Waals surface area contributed by atoms with Gasteiger partial charge >= 0.3 is 0 Å². The molecule has 0 N–H and O–H groups in total. The lowest BCUT2D eigenvalue weighted by Gasteiger charge is -2.27. The molecule has 0 bridgehead atoms. The van der Waals surface area contributed by atoms with Crippen LogP contribution in [0, 0.1) is 10.1 Å². The molecule has 1 heterocycles. The number of benzene rings is 2. The zero-order valence-electron chi connectivity index (χ0n) is 17.5. The number of amides is 2. The van der Waals surface area contributed by atoms with Gasteiger partial charge in [0.1, 0.15) is 5.70 Å². The highest BCUT2D eigenvalue weighted by molar-refractivity contribution is 6.36. The predicted octanol–water partition coefficient (Wildman–Crippen LogP) is 4.53. The Hall–Kier alpha value is -3.48. The fraction of sp³-hybridized carbons (Fsp3) is 0.333. The molecule has 0 spiro atoms. The Morgan fingerprint density at radius 1 is 0.903 bits per heavy atom. The molecule has 1 fully saturated rings. The molecule has 0 saturated heterocycles. The molecule has 4 rings (SSSR count). The van der Waals surface area contributed by atoms with Crippen LogP contribution in [0.25, 0.3) is 5.57 Å². The normalized spacial score (nSPS) is 17.8. The van der Waals surface area contributed by atoms with E-state index in [-0.39, 0.29) is 23.5 Å². The van der Waals surface area contributed by atoms with Crippen LogP contribution in [0.15, 0.2) is 60.3 Å². The van der Waals surface area contributed by atoms with Crippen LogP contribution in [-0.2, 0) is 9.59 Å². The van der Waals surface area contributed by atoms with Gasteiger partial charge < -0.3 is 4.90 Å². The van der Waals surface area contributed by atoms with Gasteiger partial charge in [0.2, 0.25) is 0 Å². The van der Waals surface area contributed by atoms with Gasteiger partial charge in [0.05, 0.1) is 10.5 Å². The van der Waals surface area contributed by atoms with Crippen molar-refractivity contribution in [3.63, 3.8) is 0 Å². The molecule has 1 aliphatic carbocycles. The highest BCUT2D eigenvalue weighted by Crippen LogP contribution is 2.37. The Balaban J connectivity index is 1.79. The van der Waals surface area contributed by atoms with Crippen LogP contribution in [0.1, 0.15) is 44.1 Å². The van der Waals surface area contributed by atoms with E-state index in [1.165, 1.54) is 17.0 Å². The molecule has 0 radical (unpaired) electrons. The molecule has 160 valence electrons. The fourth-order valence-electron chi connectivity index (χ4n) is 4.48. The molecule has 1 saturated carbocycles. The number of carbonyl (C=O) groups excluding carboxylic acids is 2. The third-order valence-corrected chi connectivity index (χ3v) is 6.13. The first-order valence-electron chi connectivity index (χ1n) is 10.6. The van der Waals surface area contributed by atoms with Crippen molar-refractivity contribution in [2.75, 3.05) is 11.9 Å². The number of para-hydroxylation sites is 1. The maximum atomic E-state index is 13.6. The maximum absolute atomic E-state index is 13.6. The van der Waals surface area contributed by atoms with Crippen molar-refractivity contribution < 1.29 is 14.5 Å². The molecule has 0 atom stereocenters. The molecule has 2 aromatic carbocycles. The summed E-state index contributed by atoms with van der Waals surface area (Å²) in [7, 11) is 1.78. The SMILES string of the molecule is CN(C1=C(c2ccc([N+](=O)[O-])cc2)C(=O)N(C2CCCCCC2)C1=O)c1ccccc1. The summed E-state index contributed by atoms with van der Waals surface area (Å²) in [5, 5.41) is 11.1. The number of hydrogen-bond donors (Lipinski definition) is 0. The average molecular weight is 419 g/mol. The van der Waals surface area contributed by atoms with Crippen LogP contribution in [0.5, 0.6) is 0 Å². The zero-order chi connectivity index (χ0) is 22.0. The van der Waals surface area contributed by atoms with Crippen LogP contribution in [0.3, 0.4) is 0 Å². The third-order valence-electron chi connectivity index (χ3n) is 6.13. The lowest BCUT2D eigenvalue weighted by atomic mass is 10.0. The lowest BCUT2D eigenvalue weighted by Crippen LogP contribution is -2.42. The number of nitro benzene ring substituents is 1. The summed E-state index contributed by atoms with van der Waals surface area (Å²) in [6, 6.07) is 15.1. The molecule has 2 aliphatic rings. The maximum Gasteiger partial charge on any atom is 0.278 e. The Morgan fingerprint density at radius 3 is 2.10 bits per heavy atom. The third kappa shape index (κ3) is 3.95. The Labute approximate surface area is 181 Å². The number of imide groups is 1. The molecule has 0 unspecified atom stereocenters. The van der Waals surface area contributed by atoms with Crippen molar-refractivity contribution in [3.05, 3.63) is 76.0 Å². The number of likely N-dealkylation sites (N-methyl/N-ethyl adjacent to an activating group) is 1. The van der Waals surface area contributed by atoms with Gasteiger partial charge in [-0.2, -0.15) is 0 Å². The summed E-state index contributed by atoms with van der Waals surface area (Å²) >= 11 is 0. The van der Waals surface area contributed by atoms with E-state index in [1.807, 2.05) is 30.3 Å². The molecular formula is C24H25N3O4. The molecular weight excluding hydrogens is 394 g/mol. The number of anilines is 1. The second-order valence-electron chi connectivity index (χ2n) is 8.05. The monoisotopic (exact) mass is 419 g/mol. The molecule has 1 aliphatic heterocycles. The minimum atomic E-state index is -0.478. The van der Waals surface area contributed by atoms with Crippen molar-refractivity contribution in [3.8, 4) is 0 Å². The van der Waals surface area contributed by atoms with Gasteiger partial charge in [0, 0.05) is 30.9 Å². The highest BCUT2D eigenvalue weighted by Gasteiger charge is 2.44. The second-order valence-corrected chi connectivity index (χ2v) is 8.05. The first-order valence-corrected chi connectivity index (χ1v) is 10.6. The summed E-state index contributed by atoms with van der Waals surface area (Å²) in [5.74, 6) is -0.611. The lowest BCUT2D eigenvalue weighted by molar-refractivity contribution is -0.384. The van der Waals surface area contributed by atoms with Crippen molar-refractivity contribution in [2.45, 2.75) is 44.6 Å². The summed E-state index contributed by atoms with van der Waals surface area (Å²) < 4.78 is 0. The van der Waals surface area contributed by atoms with E-state index in [4.69, 9.17) is 0 Å². The number of rotatable bonds is 5. The van der Waals surface area contributed by atoms with E-state index in [0.717, 1.165) is 44.2 Å². The summed E-state index contributed by atoms with van der Waals surface area (Å²) in [6.45, 7) is 0. The number of carbonyl (C=O) groups is 2. The van der Waals surface area contributed by atoms with Crippen molar-refractivity contribution in [2.24, 2.45) is 0 Å². The van der Waals surface area contributed by atoms with Gasteiger partial charge in [-0.25, -0.2) is 0 Å². The van der Waals surface area contributed by atoms with E-state index in [9.17, 15) is 19.7 Å². The first kappa shape index (κ1) is 20.8. The molecule has 7 heteroatoms. The van der Waals surface area contributed by atoms with Gasteiger partial charge in [0.25, 0.3) is 17.5 Å². The van der Waals surface area contributed by atoms with E-state index in [2.05, 4.69) is 0 Å². The quantitative estimate of drug-likeness (QED) is 0.308. The minimum absolute atomic E-state index is 0.0558. The van der Waals surface area contributed by atoms with Gasteiger partial charge in [-0.1, -0.05) is 43.9 Å². The average Bonchev–Trinajstić information content (AvgIpc) is 2.94.